The highest BCUT2D eigenvalue weighted by atomic mass is 35.5. The molecule has 2 N–H and O–H groups in total. The van der Waals surface area contributed by atoms with E-state index in [1.165, 1.54) is 0 Å². The fraction of sp³-hybridized carbons (Fsp3) is 0.368. The molecular weight excluding hydrogens is 354 g/mol. The Kier molecular flexibility index (Phi) is 6.83. The number of hydrogen-bond acceptors (Lipinski definition) is 6. The summed E-state index contributed by atoms with van der Waals surface area (Å²) in [6.07, 6.45) is 9.36. The number of benzene rings is 1. The van der Waals surface area contributed by atoms with Gasteiger partial charge >= 0.3 is 0 Å². The third-order valence-corrected chi connectivity index (χ3v) is 4.35. The molecule has 2 aromatic rings. The zero-order valence-corrected chi connectivity index (χ0v) is 15.6. The van der Waals surface area contributed by atoms with E-state index in [0.717, 1.165) is 31.2 Å². The minimum absolute atomic E-state index is 0. The standard InChI is InChI=1S/C19H23N3O3.ClH/c1-3-12-24-15-8-6-14(13-16(15)23-2)7-9-17-21-18(22-25-17)19(20)10-4-5-11-19;/h3,6-9,13H,1,4-5,10-12,20H2,2H3;1H/b9-7+;. The third-order valence-electron chi connectivity index (χ3n) is 4.35. The van der Waals surface area contributed by atoms with Crippen molar-refractivity contribution in [2.75, 3.05) is 13.7 Å². The van der Waals surface area contributed by atoms with Gasteiger partial charge in [0.1, 0.15) is 6.61 Å². The van der Waals surface area contributed by atoms with Crippen LogP contribution in [0, 0.1) is 0 Å². The number of aromatic nitrogens is 2. The van der Waals surface area contributed by atoms with Crippen molar-refractivity contribution in [3.8, 4) is 11.5 Å². The number of methoxy groups -OCH3 is 1. The highest BCUT2D eigenvalue weighted by Gasteiger charge is 2.35. The molecule has 140 valence electrons. The van der Waals surface area contributed by atoms with Crippen LogP contribution < -0.4 is 15.2 Å². The average molecular weight is 378 g/mol. The van der Waals surface area contributed by atoms with Gasteiger partial charge in [0.05, 0.1) is 12.6 Å². The number of halogens is 1. The summed E-state index contributed by atoms with van der Waals surface area (Å²) in [5.41, 5.74) is 6.84. The molecule has 0 aliphatic heterocycles. The van der Waals surface area contributed by atoms with Crippen LogP contribution in [-0.4, -0.2) is 23.9 Å². The lowest BCUT2D eigenvalue weighted by molar-refractivity contribution is 0.326. The molecule has 0 spiro atoms. The van der Waals surface area contributed by atoms with Crippen molar-refractivity contribution in [3.63, 3.8) is 0 Å². The molecule has 1 aliphatic carbocycles. The van der Waals surface area contributed by atoms with Crippen molar-refractivity contribution in [2.24, 2.45) is 5.73 Å². The van der Waals surface area contributed by atoms with E-state index in [0.29, 0.717) is 29.8 Å². The highest BCUT2D eigenvalue weighted by molar-refractivity contribution is 5.85. The Morgan fingerprint density at radius 2 is 2.04 bits per heavy atom. The molecule has 0 atom stereocenters. The quantitative estimate of drug-likeness (QED) is 0.735. The topological polar surface area (TPSA) is 83.4 Å². The van der Waals surface area contributed by atoms with E-state index >= 15 is 0 Å². The molecule has 0 saturated heterocycles. The molecule has 1 fully saturated rings. The summed E-state index contributed by atoms with van der Waals surface area (Å²) in [7, 11) is 1.61. The van der Waals surface area contributed by atoms with Gasteiger partial charge in [0, 0.05) is 6.08 Å². The van der Waals surface area contributed by atoms with Crippen LogP contribution in [0.4, 0.5) is 0 Å². The fourth-order valence-electron chi connectivity index (χ4n) is 2.96. The maximum atomic E-state index is 6.35. The number of ether oxygens (including phenoxy) is 2. The summed E-state index contributed by atoms with van der Waals surface area (Å²) in [4.78, 5) is 4.42. The second kappa shape index (κ2) is 8.87. The summed E-state index contributed by atoms with van der Waals surface area (Å²) in [6.45, 7) is 4.07. The summed E-state index contributed by atoms with van der Waals surface area (Å²) in [5, 5.41) is 4.05. The Bertz CT molecular complexity index is 767. The predicted octanol–water partition coefficient (Wildman–Crippen LogP) is 3.96. The van der Waals surface area contributed by atoms with Crippen molar-refractivity contribution >= 4 is 24.6 Å². The number of nitrogens with two attached hydrogens (primary N) is 1. The second-order valence-electron chi connectivity index (χ2n) is 6.16. The van der Waals surface area contributed by atoms with Crippen molar-refractivity contribution in [1.29, 1.82) is 0 Å². The Balaban J connectivity index is 0.00000243. The van der Waals surface area contributed by atoms with Crippen LogP contribution in [0.15, 0.2) is 35.4 Å². The van der Waals surface area contributed by atoms with E-state index < -0.39 is 5.54 Å². The molecule has 0 bridgehead atoms. The van der Waals surface area contributed by atoms with E-state index in [1.807, 2.05) is 24.3 Å². The summed E-state index contributed by atoms with van der Waals surface area (Å²) in [6, 6.07) is 5.67. The van der Waals surface area contributed by atoms with E-state index in [9.17, 15) is 0 Å². The molecule has 1 aromatic heterocycles. The second-order valence-corrected chi connectivity index (χ2v) is 6.16. The molecule has 6 nitrogen and oxygen atoms in total. The average Bonchev–Trinajstić information content (AvgIpc) is 3.28. The molecule has 0 unspecified atom stereocenters. The zero-order valence-electron chi connectivity index (χ0n) is 14.8. The Morgan fingerprint density at radius 1 is 1.27 bits per heavy atom. The van der Waals surface area contributed by atoms with Gasteiger partial charge in [-0.3, -0.25) is 0 Å². The Morgan fingerprint density at radius 3 is 2.73 bits per heavy atom. The zero-order chi connectivity index (χ0) is 17.7. The maximum absolute atomic E-state index is 6.35. The minimum Gasteiger partial charge on any atom is -0.493 e. The van der Waals surface area contributed by atoms with Gasteiger partial charge in [-0.2, -0.15) is 4.98 Å². The molecular formula is C19H24ClN3O3. The SMILES string of the molecule is C=CCOc1ccc(/C=C/c2nc(C3(N)CCCC3)no2)cc1OC.Cl. The Hall–Kier alpha value is -2.31. The van der Waals surface area contributed by atoms with E-state index in [-0.39, 0.29) is 12.4 Å². The highest BCUT2D eigenvalue weighted by Crippen LogP contribution is 2.34. The van der Waals surface area contributed by atoms with Gasteiger partial charge < -0.3 is 19.7 Å². The molecule has 1 heterocycles. The van der Waals surface area contributed by atoms with Gasteiger partial charge in [-0.15, -0.1) is 12.4 Å². The molecule has 0 amide bonds. The number of nitrogens with zero attached hydrogens (tertiary/aromatic N) is 2. The summed E-state index contributed by atoms with van der Waals surface area (Å²) >= 11 is 0. The lowest BCUT2D eigenvalue weighted by atomic mass is 9.99. The molecule has 1 saturated carbocycles. The van der Waals surface area contributed by atoms with Crippen LogP contribution >= 0.6 is 12.4 Å². The van der Waals surface area contributed by atoms with Crippen LogP contribution in [0.3, 0.4) is 0 Å². The first-order chi connectivity index (χ1) is 12.1. The van der Waals surface area contributed by atoms with Gasteiger partial charge in [0.2, 0.25) is 0 Å². The van der Waals surface area contributed by atoms with Crippen LogP contribution in [0.1, 0.15) is 43.0 Å². The van der Waals surface area contributed by atoms with E-state index in [1.54, 1.807) is 19.3 Å². The number of hydrogen-bond donors (Lipinski definition) is 1. The van der Waals surface area contributed by atoms with Crippen LogP contribution in [0.25, 0.3) is 12.2 Å². The number of rotatable bonds is 7. The fourth-order valence-corrected chi connectivity index (χ4v) is 2.96. The lowest BCUT2D eigenvalue weighted by Crippen LogP contribution is -2.34. The van der Waals surface area contributed by atoms with E-state index in [4.69, 9.17) is 19.7 Å². The van der Waals surface area contributed by atoms with Crippen LogP contribution in [0.2, 0.25) is 0 Å². The predicted molar refractivity (Wildman–Crippen MR) is 103 cm³/mol. The molecule has 0 radical (unpaired) electrons. The molecule has 1 aliphatic rings. The first-order valence-corrected chi connectivity index (χ1v) is 8.37. The van der Waals surface area contributed by atoms with Crippen molar-refractivity contribution in [2.45, 2.75) is 31.2 Å². The smallest absolute Gasteiger partial charge is 0.250 e. The van der Waals surface area contributed by atoms with Crippen molar-refractivity contribution in [3.05, 3.63) is 48.1 Å². The summed E-state index contributed by atoms with van der Waals surface area (Å²) in [5.74, 6) is 2.36. The van der Waals surface area contributed by atoms with Crippen molar-refractivity contribution in [1.82, 2.24) is 10.1 Å². The van der Waals surface area contributed by atoms with Crippen LogP contribution in [0.5, 0.6) is 11.5 Å². The molecule has 26 heavy (non-hydrogen) atoms. The van der Waals surface area contributed by atoms with Gasteiger partial charge in [-0.05, 0) is 36.6 Å². The summed E-state index contributed by atoms with van der Waals surface area (Å²) < 4.78 is 16.2. The first kappa shape index (κ1) is 20.0. The molecule has 1 aromatic carbocycles. The molecule has 3 rings (SSSR count). The van der Waals surface area contributed by atoms with E-state index in [2.05, 4.69) is 16.7 Å². The van der Waals surface area contributed by atoms with Crippen molar-refractivity contribution < 1.29 is 14.0 Å². The minimum atomic E-state index is -0.442. The van der Waals surface area contributed by atoms with Gasteiger partial charge in [0.15, 0.2) is 17.3 Å². The Labute approximate surface area is 159 Å². The van der Waals surface area contributed by atoms with Gasteiger partial charge in [0.25, 0.3) is 5.89 Å². The van der Waals surface area contributed by atoms with Gasteiger partial charge in [-0.1, -0.05) is 36.7 Å². The normalized spacial score (nSPS) is 15.6. The molecule has 7 heteroatoms. The van der Waals surface area contributed by atoms with Crippen LogP contribution in [-0.2, 0) is 5.54 Å². The first-order valence-electron chi connectivity index (χ1n) is 8.37. The largest absolute Gasteiger partial charge is 0.493 e. The maximum Gasteiger partial charge on any atom is 0.250 e. The van der Waals surface area contributed by atoms with Gasteiger partial charge in [-0.25, -0.2) is 0 Å². The monoisotopic (exact) mass is 377 g/mol. The third kappa shape index (κ3) is 4.45. The lowest BCUT2D eigenvalue weighted by Gasteiger charge is -2.17.